The molecule has 0 heterocycles. The third-order valence-corrected chi connectivity index (χ3v) is 5.56. The molecule has 1 atom stereocenters. The Kier molecular flexibility index (Phi) is 4.73. The summed E-state index contributed by atoms with van der Waals surface area (Å²) in [7, 11) is -2.75. The Morgan fingerprint density at radius 3 is 2.68 bits per heavy atom. The van der Waals surface area contributed by atoms with Gasteiger partial charge in [0.15, 0.2) is 4.90 Å². The normalized spacial score (nSPS) is 16.9. The lowest BCUT2D eigenvalue weighted by Crippen LogP contribution is -2.18. The number of nitro benzene ring substituents is 1. The lowest BCUT2D eigenvalue weighted by molar-refractivity contribution is -0.387. The molecule has 1 aliphatic carbocycles. The Balaban J connectivity index is 1.97. The number of hydrogen-bond donors (Lipinski definition) is 0. The predicted molar refractivity (Wildman–Crippen MR) is 90.0 cm³/mol. The average Bonchev–Trinajstić information content (AvgIpc) is 2.61. The van der Waals surface area contributed by atoms with E-state index in [0.717, 1.165) is 30.0 Å². The fraction of sp³-hybridized carbons (Fsp3) is 0.294. The van der Waals surface area contributed by atoms with E-state index in [0.29, 0.717) is 12.2 Å². The van der Waals surface area contributed by atoms with Crippen molar-refractivity contribution in [3.63, 3.8) is 0 Å². The van der Waals surface area contributed by atoms with Gasteiger partial charge in [-0.3, -0.25) is 14.3 Å². The molecule has 7 nitrogen and oxygen atoms in total. The zero-order valence-electron chi connectivity index (χ0n) is 13.5. The first kappa shape index (κ1) is 17.4. The van der Waals surface area contributed by atoms with Gasteiger partial charge < -0.3 is 4.74 Å². The molecule has 0 spiro atoms. The standard InChI is InChI=1S/C17H17NO6S/c1-23-13-10-9-12-5-4-7-16(14(12)11-13)24-25(21,22)17-8-3-2-6-15(17)18(19)20/h2-3,6,8-11,16H,4-5,7H2,1H3/t16-/m1/s1. The summed E-state index contributed by atoms with van der Waals surface area (Å²) in [6, 6.07) is 10.6. The first-order valence-corrected chi connectivity index (χ1v) is 9.17. The highest BCUT2D eigenvalue weighted by molar-refractivity contribution is 7.87. The van der Waals surface area contributed by atoms with Gasteiger partial charge in [0.2, 0.25) is 0 Å². The number of fused-ring (bicyclic) bond motifs is 1. The summed E-state index contributed by atoms with van der Waals surface area (Å²) in [5, 5.41) is 11.1. The molecule has 3 rings (SSSR count). The van der Waals surface area contributed by atoms with E-state index in [4.69, 9.17) is 8.92 Å². The van der Waals surface area contributed by atoms with Crippen molar-refractivity contribution in [3.05, 3.63) is 63.7 Å². The van der Waals surface area contributed by atoms with Crippen molar-refractivity contribution >= 4 is 15.8 Å². The van der Waals surface area contributed by atoms with Gasteiger partial charge in [0, 0.05) is 6.07 Å². The predicted octanol–water partition coefficient (Wildman–Crippen LogP) is 3.39. The van der Waals surface area contributed by atoms with Gasteiger partial charge in [0.25, 0.3) is 5.69 Å². The molecule has 2 aromatic carbocycles. The second-order valence-corrected chi connectivity index (χ2v) is 7.26. The third-order valence-electron chi connectivity index (χ3n) is 4.19. The third kappa shape index (κ3) is 3.49. The largest absolute Gasteiger partial charge is 0.497 e. The van der Waals surface area contributed by atoms with E-state index in [1.807, 2.05) is 12.1 Å². The van der Waals surface area contributed by atoms with Gasteiger partial charge in [0.05, 0.1) is 12.0 Å². The molecule has 8 heteroatoms. The van der Waals surface area contributed by atoms with Crippen LogP contribution in [0.4, 0.5) is 5.69 Å². The minimum absolute atomic E-state index is 0.435. The Hall–Kier alpha value is -2.45. The number of nitrogens with zero attached hydrogens (tertiary/aromatic N) is 1. The zero-order valence-corrected chi connectivity index (χ0v) is 14.4. The number of methoxy groups -OCH3 is 1. The summed E-state index contributed by atoms with van der Waals surface area (Å²) >= 11 is 0. The van der Waals surface area contributed by atoms with E-state index >= 15 is 0 Å². The second kappa shape index (κ2) is 6.81. The van der Waals surface area contributed by atoms with Crippen LogP contribution in [0.5, 0.6) is 5.75 Å². The van der Waals surface area contributed by atoms with Crippen molar-refractivity contribution in [1.29, 1.82) is 0 Å². The quantitative estimate of drug-likeness (QED) is 0.459. The summed E-state index contributed by atoms with van der Waals surface area (Å²) in [6.45, 7) is 0. The van der Waals surface area contributed by atoms with Crippen LogP contribution in [0.15, 0.2) is 47.4 Å². The fourth-order valence-corrected chi connectivity index (χ4v) is 4.24. The molecule has 0 saturated carbocycles. The zero-order chi connectivity index (χ0) is 18.0. The summed E-state index contributed by atoms with van der Waals surface area (Å²) in [5.41, 5.74) is 1.24. The SMILES string of the molecule is COc1ccc2c(c1)[C@H](OS(=O)(=O)c1ccccc1[N+](=O)[O-])CCC2. The molecular weight excluding hydrogens is 346 g/mol. The van der Waals surface area contributed by atoms with Gasteiger partial charge in [-0.05, 0) is 48.6 Å². The molecule has 1 aliphatic rings. The molecule has 0 radical (unpaired) electrons. The smallest absolute Gasteiger partial charge is 0.304 e. The van der Waals surface area contributed by atoms with Crippen LogP contribution in [0, 0.1) is 10.1 Å². The highest BCUT2D eigenvalue weighted by atomic mass is 32.2. The Morgan fingerprint density at radius 1 is 1.20 bits per heavy atom. The van der Waals surface area contributed by atoms with Crippen molar-refractivity contribution in [2.45, 2.75) is 30.3 Å². The van der Waals surface area contributed by atoms with E-state index in [-0.39, 0.29) is 0 Å². The van der Waals surface area contributed by atoms with E-state index in [1.165, 1.54) is 25.3 Å². The fourth-order valence-electron chi connectivity index (χ4n) is 2.98. The summed E-state index contributed by atoms with van der Waals surface area (Å²) in [4.78, 5) is 9.95. The van der Waals surface area contributed by atoms with Crippen LogP contribution in [0.25, 0.3) is 0 Å². The number of aryl methyl sites for hydroxylation is 1. The van der Waals surface area contributed by atoms with Crippen LogP contribution in [0.2, 0.25) is 0 Å². The van der Waals surface area contributed by atoms with Crippen molar-refractivity contribution in [2.24, 2.45) is 0 Å². The first-order chi connectivity index (χ1) is 11.9. The highest BCUT2D eigenvalue weighted by Crippen LogP contribution is 2.38. The van der Waals surface area contributed by atoms with E-state index in [9.17, 15) is 18.5 Å². The number of hydrogen-bond acceptors (Lipinski definition) is 6. The van der Waals surface area contributed by atoms with Crippen molar-refractivity contribution in [3.8, 4) is 5.75 Å². The number of para-hydroxylation sites is 1. The van der Waals surface area contributed by atoms with Crippen LogP contribution >= 0.6 is 0 Å². The molecule has 0 saturated heterocycles. The molecule has 0 fully saturated rings. The van der Waals surface area contributed by atoms with E-state index < -0.39 is 31.7 Å². The average molecular weight is 363 g/mol. The Bertz CT molecular complexity index is 909. The lowest BCUT2D eigenvalue weighted by Gasteiger charge is -2.25. The highest BCUT2D eigenvalue weighted by Gasteiger charge is 2.32. The maximum Gasteiger partial charge on any atom is 0.304 e. The first-order valence-electron chi connectivity index (χ1n) is 7.76. The van der Waals surface area contributed by atoms with E-state index in [2.05, 4.69) is 0 Å². The lowest BCUT2D eigenvalue weighted by atomic mass is 9.89. The molecule has 132 valence electrons. The maximum atomic E-state index is 12.6. The number of rotatable bonds is 5. The van der Waals surface area contributed by atoms with Gasteiger partial charge >= 0.3 is 10.1 Å². The van der Waals surface area contributed by atoms with Crippen molar-refractivity contribution in [2.75, 3.05) is 7.11 Å². The molecule has 0 unspecified atom stereocenters. The summed E-state index contributed by atoms with van der Waals surface area (Å²) < 4.78 is 35.9. The maximum absolute atomic E-state index is 12.6. The van der Waals surface area contributed by atoms with Crippen LogP contribution in [-0.2, 0) is 20.7 Å². The molecule has 0 aromatic heterocycles. The molecule has 0 N–H and O–H groups in total. The van der Waals surface area contributed by atoms with Crippen LogP contribution in [0.1, 0.15) is 30.1 Å². The summed E-state index contributed by atoms with van der Waals surface area (Å²) in [5.74, 6) is 0.609. The monoisotopic (exact) mass is 363 g/mol. The number of ether oxygens (including phenoxy) is 1. The molecule has 0 amide bonds. The van der Waals surface area contributed by atoms with Gasteiger partial charge in [0.1, 0.15) is 11.9 Å². The van der Waals surface area contributed by atoms with Crippen molar-refractivity contribution < 1.29 is 22.3 Å². The van der Waals surface area contributed by atoms with Gasteiger partial charge in [-0.25, -0.2) is 0 Å². The Labute approximate surface area is 145 Å². The second-order valence-electron chi connectivity index (χ2n) is 5.72. The minimum atomic E-state index is -4.28. The van der Waals surface area contributed by atoms with Crippen LogP contribution in [0.3, 0.4) is 0 Å². The van der Waals surface area contributed by atoms with Crippen LogP contribution < -0.4 is 4.74 Å². The molecule has 0 bridgehead atoms. The topological polar surface area (TPSA) is 95.7 Å². The summed E-state index contributed by atoms with van der Waals surface area (Å²) in [6.07, 6.45) is 1.42. The molecular formula is C17H17NO6S. The van der Waals surface area contributed by atoms with Gasteiger partial charge in [-0.1, -0.05) is 18.2 Å². The minimum Gasteiger partial charge on any atom is -0.497 e. The molecule has 25 heavy (non-hydrogen) atoms. The van der Waals surface area contributed by atoms with E-state index in [1.54, 1.807) is 6.07 Å². The molecule has 0 aliphatic heterocycles. The number of benzene rings is 2. The van der Waals surface area contributed by atoms with Gasteiger partial charge in [-0.15, -0.1) is 0 Å². The number of nitro groups is 1. The van der Waals surface area contributed by atoms with Gasteiger partial charge in [-0.2, -0.15) is 8.42 Å². The van der Waals surface area contributed by atoms with Crippen molar-refractivity contribution in [1.82, 2.24) is 0 Å². The Morgan fingerprint density at radius 2 is 1.96 bits per heavy atom. The molecule has 2 aromatic rings. The van der Waals surface area contributed by atoms with Crippen LogP contribution in [-0.4, -0.2) is 20.5 Å².